The number of hydrogen-bond acceptors (Lipinski definition) is 4. The molecule has 0 bridgehead atoms. The van der Waals surface area contributed by atoms with E-state index in [-0.39, 0.29) is 6.61 Å². The Kier molecular flexibility index (Phi) is 7.09. The van der Waals surface area contributed by atoms with Crippen LogP contribution in [-0.2, 0) is 10.2 Å². The molecular formula is C9H23N3O3S. The van der Waals surface area contributed by atoms with Gasteiger partial charge in [0.1, 0.15) is 0 Å². The lowest BCUT2D eigenvalue weighted by molar-refractivity contribution is 0.271. The van der Waals surface area contributed by atoms with E-state index < -0.39 is 10.2 Å². The maximum atomic E-state index is 11.9. The standard InChI is InChI=1S/C9H23N3O3S/c1-10(2)7-8-12(4)16(14,15)11(3)6-5-9-13/h13H,5-9H2,1-4H3. The van der Waals surface area contributed by atoms with E-state index in [0.717, 1.165) is 0 Å². The van der Waals surface area contributed by atoms with Gasteiger partial charge in [0.05, 0.1) is 0 Å². The second-order valence-electron chi connectivity index (χ2n) is 4.03. The van der Waals surface area contributed by atoms with Crippen LogP contribution in [0.5, 0.6) is 0 Å². The van der Waals surface area contributed by atoms with Gasteiger partial charge in [-0.3, -0.25) is 0 Å². The number of hydrogen-bond donors (Lipinski definition) is 1. The van der Waals surface area contributed by atoms with Crippen molar-refractivity contribution in [3.63, 3.8) is 0 Å². The fourth-order valence-corrected chi connectivity index (χ4v) is 2.25. The normalized spacial score (nSPS) is 13.0. The molecule has 98 valence electrons. The first-order valence-corrected chi connectivity index (χ1v) is 6.65. The van der Waals surface area contributed by atoms with E-state index in [0.29, 0.717) is 26.1 Å². The van der Waals surface area contributed by atoms with Crippen LogP contribution in [0.25, 0.3) is 0 Å². The highest BCUT2D eigenvalue weighted by atomic mass is 32.2. The molecule has 0 aliphatic heterocycles. The SMILES string of the molecule is CN(C)CCN(C)S(=O)(=O)N(C)CCCO. The van der Waals surface area contributed by atoms with Gasteiger partial charge in [-0.2, -0.15) is 17.0 Å². The molecule has 6 nitrogen and oxygen atoms in total. The zero-order chi connectivity index (χ0) is 12.8. The molecule has 0 saturated heterocycles. The van der Waals surface area contributed by atoms with E-state index in [4.69, 9.17) is 5.11 Å². The van der Waals surface area contributed by atoms with Crippen LogP contribution in [0.3, 0.4) is 0 Å². The lowest BCUT2D eigenvalue weighted by Crippen LogP contribution is -2.42. The van der Waals surface area contributed by atoms with Gasteiger partial charge >= 0.3 is 0 Å². The fraction of sp³-hybridized carbons (Fsp3) is 1.00. The summed E-state index contributed by atoms with van der Waals surface area (Å²) in [4.78, 5) is 1.93. The van der Waals surface area contributed by atoms with Crippen molar-refractivity contribution in [1.82, 2.24) is 13.5 Å². The van der Waals surface area contributed by atoms with Crippen LogP contribution < -0.4 is 0 Å². The second-order valence-corrected chi connectivity index (χ2v) is 6.17. The van der Waals surface area contributed by atoms with Gasteiger partial charge in [0.15, 0.2) is 0 Å². The summed E-state index contributed by atoms with van der Waals surface area (Å²) < 4.78 is 26.4. The quantitative estimate of drug-likeness (QED) is 0.605. The van der Waals surface area contributed by atoms with Crippen molar-refractivity contribution in [2.45, 2.75) is 6.42 Å². The summed E-state index contributed by atoms with van der Waals surface area (Å²) >= 11 is 0. The Morgan fingerprint density at radius 1 is 0.938 bits per heavy atom. The summed E-state index contributed by atoms with van der Waals surface area (Å²) in [6, 6.07) is 0. The van der Waals surface area contributed by atoms with E-state index in [1.807, 2.05) is 19.0 Å². The van der Waals surface area contributed by atoms with Crippen molar-refractivity contribution < 1.29 is 13.5 Å². The van der Waals surface area contributed by atoms with Gasteiger partial charge in [0, 0.05) is 40.3 Å². The molecule has 0 heterocycles. The molecular weight excluding hydrogens is 230 g/mol. The molecule has 0 saturated carbocycles. The summed E-state index contributed by atoms with van der Waals surface area (Å²) in [6.45, 7) is 1.48. The molecule has 16 heavy (non-hydrogen) atoms. The summed E-state index contributed by atoms with van der Waals surface area (Å²) in [5.74, 6) is 0. The zero-order valence-corrected chi connectivity index (χ0v) is 11.4. The first-order valence-electron chi connectivity index (χ1n) is 5.25. The first-order chi connectivity index (χ1) is 7.32. The van der Waals surface area contributed by atoms with Gasteiger partial charge in [0.2, 0.25) is 0 Å². The number of nitrogens with zero attached hydrogens (tertiary/aromatic N) is 3. The minimum absolute atomic E-state index is 0.00126. The fourth-order valence-electron chi connectivity index (χ4n) is 1.10. The predicted molar refractivity (Wildman–Crippen MR) is 64.4 cm³/mol. The Hall–Kier alpha value is -0.210. The Balaban J connectivity index is 4.29. The highest BCUT2D eigenvalue weighted by molar-refractivity contribution is 7.86. The van der Waals surface area contributed by atoms with E-state index in [1.54, 1.807) is 7.05 Å². The Bertz CT molecular complexity index is 280. The van der Waals surface area contributed by atoms with Crippen molar-refractivity contribution in [2.24, 2.45) is 0 Å². The molecule has 0 aliphatic rings. The molecule has 0 unspecified atom stereocenters. The molecule has 0 fully saturated rings. The van der Waals surface area contributed by atoms with Crippen LogP contribution in [0.15, 0.2) is 0 Å². The average Bonchev–Trinajstić information content (AvgIpc) is 2.21. The third-order valence-electron chi connectivity index (χ3n) is 2.28. The highest BCUT2D eigenvalue weighted by Crippen LogP contribution is 2.04. The average molecular weight is 253 g/mol. The molecule has 0 spiro atoms. The van der Waals surface area contributed by atoms with Crippen LogP contribution in [0, 0.1) is 0 Å². The molecule has 0 atom stereocenters. The summed E-state index contributed by atoms with van der Waals surface area (Å²) in [5.41, 5.74) is 0. The van der Waals surface area contributed by atoms with Gasteiger partial charge in [-0.15, -0.1) is 0 Å². The van der Waals surface area contributed by atoms with Crippen LogP contribution >= 0.6 is 0 Å². The predicted octanol–water partition coefficient (Wildman–Crippen LogP) is -0.961. The van der Waals surface area contributed by atoms with Crippen molar-refractivity contribution in [3.8, 4) is 0 Å². The first kappa shape index (κ1) is 15.8. The lowest BCUT2D eigenvalue weighted by atomic mass is 10.5. The minimum atomic E-state index is -3.38. The Morgan fingerprint density at radius 3 is 1.88 bits per heavy atom. The summed E-state index contributed by atoms with van der Waals surface area (Å²) in [5, 5.41) is 8.65. The van der Waals surface area contributed by atoms with E-state index in [9.17, 15) is 8.42 Å². The Labute approximate surface area is 98.6 Å². The van der Waals surface area contributed by atoms with Gasteiger partial charge in [0.25, 0.3) is 10.2 Å². The van der Waals surface area contributed by atoms with Gasteiger partial charge < -0.3 is 10.0 Å². The van der Waals surface area contributed by atoms with Crippen LogP contribution in [0.2, 0.25) is 0 Å². The number of rotatable bonds is 8. The second kappa shape index (κ2) is 7.18. The summed E-state index contributed by atoms with van der Waals surface area (Å²) in [7, 11) is 3.51. The smallest absolute Gasteiger partial charge is 0.281 e. The molecule has 0 rings (SSSR count). The van der Waals surface area contributed by atoms with Crippen molar-refractivity contribution in [1.29, 1.82) is 0 Å². The van der Waals surface area contributed by atoms with Crippen molar-refractivity contribution in [3.05, 3.63) is 0 Å². The summed E-state index contributed by atoms with van der Waals surface area (Å²) in [6.07, 6.45) is 0.456. The molecule has 1 N–H and O–H groups in total. The molecule has 0 aromatic rings. The van der Waals surface area contributed by atoms with E-state index in [1.165, 1.54) is 15.7 Å². The monoisotopic (exact) mass is 253 g/mol. The maximum Gasteiger partial charge on any atom is 0.281 e. The molecule has 0 aromatic heterocycles. The lowest BCUT2D eigenvalue weighted by Gasteiger charge is -2.25. The van der Waals surface area contributed by atoms with Gasteiger partial charge in [-0.25, -0.2) is 0 Å². The van der Waals surface area contributed by atoms with Crippen LogP contribution in [0.1, 0.15) is 6.42 Å². The molecule has 7 heteroatoms. The third-order valence-corrected chi connectivity index (χ3v) is 4.22. The molecule has 0 amide bonds. The number of aliphatic hydroxyl groups excluding tert-OH is 1. The number of aliphatic hydroxyl groups is 1. The number of likely N-dealkylation sites (N-methyl/N-ethyl adjacent to an activating group) is 2. The minimum Gasteiger partial charge on any atom is -0.396 e. The molecule has 0 aromatic carbocycles. The van der Waals surface area contributed by atoms with Gasteiger partial charge in [-0.1, -0.05) is 0 Å². The van der Waals surface area contributed by atoms with Crippen molar-refractivity contribution in [2.75, 3.05) is 54.4 Å². The van der Waals surface area contributed by atoms with Crippen molar-refractivity contribution >= 4 is 10.2 Å². The maximum absolute atomic E-state index is 11.9. The van der Waals surface area contributed by atoms with E-state index >= 15 is 0 Å². The zero-order valence-electron chi connectivity index (χ0n) is 10.5. The molecule has 0 radical (unpaired) electrons. The van der Waals surface area contributed by atoms with Crippen LogP contribution in [-0.4, -0.2) is 81.5 Å². The largest absolute Gasteiger partial charge is 0.396 e. The Morgan fingerprint density at radius 2 is 1.44 bits per heavy atom. The molecule has 0 aliphatic carbocycles. The van der Waals surface area contributed by atoms with Crippen LogP contribution in [0.4, 0.5) is 0 Å². The van der Waals surface area contributed by atoms with E-state index in [2.05, 4.69) is 0 Å². The highest BCUT2D eigenvalue weighted by Gasteiger charge is 2.22. The topological polar surface area (TPSA) is 64.1 Å². The third kappa shape index (κ3) is 5.22. The van der Waals surface area contributed by atoms with Gasteiger partial charge in [-0.05, 0) is 20.5 Å².